The minimum Gasteiger partial charge on any atom is -0.482 e. The fourth-order valence-electron chi connectivity index (χ4n) is 2.77. The number of esters is 1. The SMILES string of the molecule is COC(=O)CC(NC(=O)c1ccc2c(c1)NC(=O)CO2)c1ccc(C)cc1. The van der Waals surface area contributed by atoms with Gasteiger partial charge in [0.1, 0.15) is 5.75 Å². The Labute approximate surface area is 156 Å². The van der Waals surface area contributed by atoms with Crippen LogP contribution in [0, 0.1) is 6.92 Å². The first-order valence-corrected chi connectivity index (χ1v) is 8.47. The molecule has 0 radical (unpaired) electrons. The molecule has 27 heavy (non-hydrogen) atoms. The zero-order chi connectivity index (χ0) is 19.4. The Hall–Kier alpha value is -3.35. The molecule has 0 spiro atoms. The second kappa shape index (κ2) is 7.90. The Morgan fingerprint density at radius 2 is 1.96 bits per heavy atom. The standard InChI is InChI=1S/C20H20N2O5/c1-12-3-5-13(6-4-12)15(10-19(24)26-2)22-20(25)14-7-8-17-16(9-14)21-18(23)11-27-17/h3-9,15H,10-11H2,1-2H3,(H,21,23)(H,22,25). The van der Waals surface area contributed by atoms with Gasteiger partial charge in [-0.3, -0.25) is 14.4 Å². The van der Waals surface area contributed by atoms with Crippen molar-refractivity contribution in [3.05, 3.63) is 59.2 Å². The van der Waals surface area contributed by atoms with E-state index in [2.05, 4.69) is 10.6 Å². The zero-order valence-electron chi connectivity index (χ0n) is 15.1. The molecular formula is C20H20N2O5. The molecule has 3 rings (SSSR count). The first-order chi connectivity index (χ1) is 13.0. The topological polar surface area (TPSA) is 93.7 Å². The number of aryl methyl sites for hydroxylation is 1. The van der Waals surface area contributed by atoms with Gasteiger partial charge in [-0.1, -0.05) is 29.8 Å². The van der Waals surface area contributed by atoms with Crippen LogP contribution in [0.3, 0.4) is 0 Å². The highest BCUT2D eigenvalue weighted by atomic mass is 16.5. The van der Waals surface area contributed by atoms with Crippen LogP contribution in [0.1, 0.15) is 33.9 Å². The number of ether oxygens (including phenoxy) is 2. The molecule has 140 valence electrons. The Bertz CT molecular complexity index is 876. The van der Waals surface area contributed by atoms with Gasteiger partial charge in [0.25, 0.3) is 11.8 Å². The van der Waals surface area contributed by atoms with E-state index in [1.807, 2.05) is 31.2 Å². The average molecular weight is 368 g/mol. The highest BCUT2D eigenvalue weighted by molar-refractivity contribution is 6.00. The van der Waals surface area contributed by atoms with Crippen LogP contribution in [0.2, 0.25) is 0 Å². The van der Waals surface area contributed by atoms with Gasteiger partial charge in [-0.05, 0) is 30.7 Å². The highest BCUT2D eigenvalue weighted by Crippen LogP contribution is 2.29. The molecule has 2 N–H and O–H groups in total. The molecule has 1 aliphatic rings. The zero-order valence-corrected chi connectivity index (χ0v) is 15.1. The summed E-state index contributed by atoms with van der Waals surface area (Å²) in [6, 6.07) is 11.8. The predicted molar refractivity (Wildman–Crippen MR) is 98.6 cm³/mol. The van der Waals surface area contributed by atoms with E-state index in [4.69, 9.17) is 9.47 Å². The van der Waals surface area contributed by atoms with Crippen molar-refractivity contribution < 1.29 is 23.9 Å². The average Bonchev–Trinajstić information content (AvgIpc) is 2.67. The number of anilines is 1. The number of methoxy groups -OCH3 is 1. The second-order valence-electron chi connectivity index (χ2n) is 6.26. The minimum atomic E-state index is -0.535. The highest BCUT2D eigenvalue weighted by Gasteiger charge is 2.22. The molecule has 1 aliphatic heterocycles. The van der Waals surface area contributed by atoms with Crippen molar-refractivity contribution in [3.63, 3.8) is 0 Å². The van der Waals surface area contributed by atoms with Crippen molar-refractivity contribution in [1.29, 1.82) is 0 Å². The fraction of sp³-hybridized carbons (Fsp3) is 0.250. The lowest BCUT2D eigenvalue weighted by Crippen LogP contribution is -2.31. The maximum atomic E-state index is 12.7. The number of hydrogen-bond donors (Lipinski definition) is 2. The van der Waals surface area contributed by atoms with Crippen molar-refractivity contribution in [3.8, 4) is 5.75 Å². The molecule has 0 saturated heterocycles. The lowest BCUT2D eigenvalue weighted by Gasteiger charge is -2.20. The van der Waals surface area contributed by atoms with Crippen LogP contribution in [0.25, 0.3) is 0 Å². The summed E-state index contributed by atoms with van der Waals surface area (Å²) in [6.45, 7) is 1.91. The van der Waals surface area contributed by atoms with Gasteiger partial charge in [0.15, 0.2) is 6.61 Å². The van der Waals surface area contributed by atoms with Crippen LogP contribution in [0.15, 0.2) is 42.5 Å². The number of amides is 2. The Morgan fingerprint density at radius 3 is 2.67 bits per heavy atom. The van der Waals surface area contributed by atoms with Gasteiger partial charge in [-0.15, -0.1) is 0 Å². The molecule has 0 bridgehead atoms. The van der Waals surface area contributed by atoms with E-state index in [0.717, 1.165) is 11.1 Å². The van der Waals surface area contributed by atoms with Crippen LogP contribution in [-0.2, 0) is 14.3 Å². The maximum Gasteiger partial charge on any atom is 0.307 e. The fourth-order valence-corrected chi connectivity index (χ4v) is 2.77. The third-order valence-corrected chi connectivity index (χ3v) is 4.26. The van der Waals surface area contributed by atoms with E-state index >= 15 is 0 Å². The van der Waals surface area contributed by atoms with Crippen LogP contribution < -0.4 is 15.4 Å². The molecule has 7 heteroatoms. The van der Waals surface area contributed by atoms with Gasteiger partial charge in [-0.25, -0.2) is 0 Å². The van der Waals surface area contributed by atoms with Gasteiger partial charge >= 0.3 is 5.97 Å². The van der Waals surface area contributed by atoms with Crippen molar-refractivity contribution in [2.24, 2.45) is 0 Å². The van der Waals surface area contributed by atoms with E-state index in [0.29, 0.717) is 17.0 Å². The quantitative estimate of drug-likeness (QED) is 0.790. The van der Waals surface area contributed by atoms with Crippen molar-refractivity contribution >= 4 is 23.5 Å². The normalized spacial score (nSPS) is 13.6. The third-order valence-electron chi connectivity index (χ3n) is 4.26. The number of fused-ring (bicyclic) bond motifs is 1. The first kappa shape index (κ1) is 18.4. The van der Waals surface area contributed by atoms with E-state index in [9.17, 15) is 14.4 Å². The van der Waals surface area contributed by atoms with E-state index in [1.165, 1.54) is 7.11 Å². The van der Waals surface area contributed by atoms with Crippen LogP contribution in [-0.4, -0.2) is 31.5 Å². The summed E-state index contributed by atoms with van der Waals surface area (Å²) in [5, 5.41) is 5.53. The molecule has 2 aromatic carbocycles. The summed E-state index contributed by atoms with van der Waals surface area (Å²) in [5.74, 6) is -0.557. The van der Waals surface area contributed by atoms with Gasteiger partial charge in [0.2, 0.25) is 0 Å². The minimum absolute atomic E-state index is 0.0100. The van der Waals surface area contributed by atoms with Gasteiger partial charge in [0.05, 0.1) is 25.3 Å². The smallest absolute Gasteiger partial charge is 0.307 e. The number of rotatable bonds is 5. The molecule has 0 saturated carbocycles. The van der Waals surface area contributed by atoms with Gasteiger partial charge < -0.3 is 20.1 Å². The van der Waals surface area contributed by atoms with Gasteiger partial charge in [0, 0.05) is 5.56 Å². The molecule has 0 aliphatic carbocycles. The Kier molecular flexibility index (Phi) is 5.40. The number of hydrogen-bond acceptors (Lipinski definition) is 5. The lowest BCUT2D eigenvalue weighted by molar-refractivity contribution is -0.141. The van der Waals surface area contributed by atoms with E-state index in [1.54, 1.807) is 18.2 Å². The molecule has 7 nitrogen and oxygen atoms in total. The van der Waals surface area contributed by atoms with Crippen molar-refractivity contribution in [2.45, 2.75) is 19.4 Å². The van der Waals surface area contributed by atoms with Crippen molar-refractivity contribution in [1.82, 2.24) is 5.32 Å². The molecule has 1 heterocycles. The summed E-state index contributed by atoms with van der Waals surface area (Å²) in [6.07, 6.45) is 0.0100. The molecule has 2 aromatic rings. The van der Waals surface area contributed by atoms with Gasteiger partial charge in [-0.2, -0.15) is 0 Å². The number of nitrogens with one attached hydrogen (secondary N) is 2. The van der Waals surface area contributed by atoms with Crippen LogP contribution in [0.5, 0.6) is 5.75 Å². The second-order valence-corrected chi connectivity index (χ2v) is 6.26. The third kappa shape index (κ3) is 4.44. The number of carbonyl (C=O) groups is 3. The summed E-state index contributed by atoms with van der Waals surface area (Å²) < 4.78 is 10.0. The van der Waals surface area contributed by atoms with Crippen LogP contribution in [0.4, 0.5) is 5.69 Å². The largest absolute Gasteiger partial charge is 0.482 e. The Balaban J connectivity index is 1.81. The molecule has 0 fully saturated rings. The molecule has 1 atom stereocenters. The molecule has 1 unspecified atom stereocenters. The lowest BCUT2D eigenvalue weighted by atomic mass is 10.0. The molecular weight excluding hydrogens is 348 g/mol. The summed E-state index contributed by atoms with van der Waals surface area (Å²) in [7, 11) is 1.31. The summed E-state index contributed by atoms with van der Waals surface area (Å²) >= 11 is 0. The molecule has 0 aromatic heterocycles. The predicted octanol–water partition coefficient (Wildman–Crippen LogP) is 2.36. The van der Waals surface area contributed by atoms with Crippen LogP contribution >= 0.6 is 0 Å². The molecule has 2 amide bonds. The van der Waals surface area contributed by atoms with E-state index < -0.39 is 12.0 Å². The monoisotopic (exact) mass is 368 g/mol. The maximum absolute atomic E-state index is 12.7. The summed E-state index contributed by atoms with van der Waals surface area (Å²) in [4.78, 5) is 35.9. The van der Waals surface area contributed by atoms with Crippen molar-refractivity contribution in [2.75, 3.05) is 19.0 Å². The summed E-state index contributed by atoms with van der Waals surface area (Å²) in [5.41, 5.74) is 2.67. The van der Waals surface area contributed by atoms with E-state index in [-0.39, 0.29) is 24.8 Å². The number of carbonyl (C=O) groups excluding carboxylic acids is 3. The number of benzene rings is 2. The Morgan fingerprint density at radius 1 is 1.22 bits per heavy atom. The first-order valence-electron chi connectivity index (χ1n) is 8.47.